The fraction of sp³-hybridized carbons (Fsp3) is 0.118. The van der Waals surface area contributed by atoms with Crippen molar-refractivity contribution < 1.29 is 14.0 Å². The van der Waals surface area contributed by atoms with Gasteiger partial charge in [-0.3, -0.25) is 0 Å². The first kappa shape index (κ1) is 14.2. The number of aromatic nitrogens is 1. The second-order valence-corrected chi connectivity index (χ2v) is 4.61. The molecule has 0 aliphatic rings. The Bertz CT molecular complexity index is 708. The lowest BCUT2D eigenvalue weighted by atomic mass is 10.2. The quantitative estimate of drug-likeness (QED) is 0.754. The van der Waals surface area contributed by atoms with E-state index >= 15 is 0 Å². The van der Waals surface area contributed by atoms with Crippen molar-refractivity contribution in [2.24, 2.45) is 5.73 Å². The van der Waals surface area contributed by atoms with Crippen LogP contribution in [0.5, 0.6) is 17.4 Å². The summed E-state index contributed by atoms with van der Waals surface area (Å²) in [5, 5.41) is 3.84. The molecule has 3 aromatic rings. The van der Waals surface area contributed by atoms with E-state index in [0.717, 1.165) is 17.1 Å². The molecule has 2 aromatic carbocycles. The van der Waals surface area contributed by atoms with Crippen LogP contribution in [0.25, 0.3) is 11.3 Å². The van der Waals surface area contributed by atoms with E-state index < -0.39 is 0 Å². The molecule has 2 N–H and O–H groups in total. The van der Waals surface area contributed by atoms with Crippen molar-refractivity contribution >= 4 is 0 Å². The van der Waals surface area contributed by atoms with Crippen LogP contribution in [0.4, 0.5) is 0 Å². The molecule has 1 aromatic heterocycles. The maximum Gasteiger partial charge on any atom is 0.254 e. The third kappa shape index (κ3) is 3.45. The Labute approximate surface area is 128 Å². The van der Waals surface area contributed by atoms with Crippen LogP contribution in [-0.2, 0) is 0 Å². The molecule has 0 atom stereocenters. The maximum absolute atomic E-state index is 5.74. The summed E-state index contributed by atoms with van der Waals surface area (Å²) in [6.45, 7) is 0.851. The van der Waals surface area contributed by atoms with Gasteiger partial charge in [-0.1, -0.05) is 18.2 Å². The molecule has 3 rings (SSSR count). The van der Waals surface area contributed by atoms with Gasteiger partial charge < -0.3 is 19.7 Å². The Hall–Kier alpha value is -2.79. The highest BCUT2D eigenvalue weighted by Crippen LogP contribution is 2.27. The van der Waals surface area contributed by atoms with E-state index in [1.165, 1.54) is 0 Å². The molecular weight excluding hydrogens is 280 g/mol. The Balaban J connectivity index is 1.70. The minimum Gasteiger partial charge on any atom is -0.474 e. The lowest BCUT2D eigenvalue weighted by Crippen LogP contribution is -2.10. The summed E-state index contributed by atoms with van der Waals surface area (Å²) in [7, 11) is 0. The highest BCUT2D eigenvalue weighted by atomic mass is 16.5. The molecule has 0 radical (unpaired) electrons. The van der Waals surface area contributed by atoms with Crippen LogP contribution in [0.1, 0.15) is 0 Å². The van der Waals surface area contributed by atoms with Crippen molar-refractivity contribution in [3.05, 3.63) is 60.7 Å². The Morgan fingerprint density at radius 1 is 0.955 bits per heavy atom. The second-order valence-electron chi connectivity index (χ2n) is 4.61. The summed E-state index contributed by atoms with van der Waals surface area (Å²) in [4.78, 5) is 0. The van der Waals surface area contributed by atoms with Crippen LogP contribution in [0.2, 0.25) is 0 Å². The molecule has 0 saturated carbocycles. The molecule has 0 aliphatic carbocycles. The van der Waals surface area contributed by atoms with E-state index in [1.54, 1.807) is 6.07 Å². The van der Waals surface area contributed by atoms with Gasteiger partial charge in [-0.05, 0) is 41.6 Å². The standard InChI is InChI=1S/C17H16N2O3/c18-10-11-20-17-12-16(22-19-17)13-6-8-15(9-7-13)21-14-4-2-1-3-5-14/h1-9,12H,10-11,18H2. The lowest BCUT2D eigenvalue weighted by molar-refractivity contribution is 0.288. The van der Waals surface area contributed by atoms with Gasteiger partial charge in [0.25, 0.3) is 5.88 Å². The number of nitrogens with zero attached hydrogens (tertiary/aromatic N) is 1. The zero-order valence-corrected chi connectivity index (χ0v) is 11.9. The van der Waals surface area contributed by atoms with Crippen molar-refractivity contribution in [3.8, 4) is 28.7 Å². The molecule has 0 unspecified atom stereocenters. The third-order valence-corrected chi connectivity index (χ3v) is 2.97. The number of nitrogens with two attached hydrogens (primary N) is 1. The molecule has 0 saturated heterocycles. The fourth-order valence-electron chi connectivity index (χ4n) is 1.94. The van der Waals surface area contributed by atoms with Crippen LogP contribution >= 0.6 is 0 Å². The predicted octanol–water partition coefficient (Wildman–Crippen LogP) is 3.47. The Morgan fingerprint density at radius 3 is 2.41 bits per heavy atom. The van der Waals surface area contributed by atoms with Crippen molar-refractivity contribution in [2.75, 3.05) is 13.2 Å². The van der Waals surface area contributed by atoms with Gasteiger partial charge in [0.1, 0.15) is 18.1 Å². The van der Waals surface area contributed by atoms with Gasteiger partial charge in [0, 0.05) is 18.2 Å². The highest BCUT2D eigenvalue weighted by Gasteiger charge is 2.07. The molecule has 0 bridgehead atoms. The fourth-order valence-corrected chi connectivity index (χ4v) is 1.94. The van der Waals surface area contributed by atoms with E-state index in [9.17, 15) is 0 Å². The van der Waals surface area contributed by atoms with Crippen molar-refractivity contribution in [1.82, 2.24) is 5.16 Å². The highest BCUT2D eigenvalue weighted by molar-refractivity contribution is 5.59. The van der Waals surface area contributed by atoms with Gasteiger partial charge in [-0.15, -0.1) is 0 Å². The lowest BCUT2D eigenvalue weighted by Gasteiger charge is -2.05. The minimum atomic E-state index is 0.413. The summed E-state index contributed by atoms with van der Waals surface area (Å²) < 4.78 is 16.3. The smallest absolute Gasteiger partial charge is 0.254 e. The summed E-state index contributed by atoms with van der Waals surface area (Å²) >= 11 is 0. The number of para-hydroxylation sites is 1. The summed E-state index contributed by atoms with van der Waals surface area (Å²) in [5.41, 5.74) is 6.28. The normalized spacial score (nSPS) is 10.4. The molecule has 5 heteroatoms. The van der Waals surface area contributed by atoms with Crippen LogP contribution in [0, 0.1) is 0 Å². The maximum atomic E-state index is 5.74. The summed E-state index contributed by atoms with van der Waals surface area (Å²) in [6, 6.07) is 18.9. The average Bonchev–Trinajstić information content (AvgIpc) is 3.03. The average molecular weight is 296 g/mol. The Morgan fingerprint density at radius 2 is 1.68 bits per heavy atom. The first-order valence-electron chi connectivity index (χ1n) is 6.98. The van der Waals surface area contributed by atoms with E-state index in [2.05, 4.69) is 5.16 Å². The number of hydrogen-bond acceptors (Lipinski definition) is 5. The molecule has 0 amide bonds. The van der Waals surface area contributed by atoms with Gasteiger partial charge >= 0.3 is 0 Å². The van der Waals surface area contributed by atoms with Crippen LogP contribution in [0.3, 0.4) is 0 Å². The molecule has 5 nitrogen and oxygen atoms in total. The van der Waals surface area contributed by atoms with Crippen LogP contribution in [-0.4, -0.2) is 18.3 Å². The first-order valence-corrected chi connectivity index (χ1v) is 6.98. The van der Waals surface area contributed by atoms with E-state index in [4.69, 9.17) is 19.7 Å². The number of rotatable bonds is 6. The first-order chi connectivity index (χ1) is 10.8. The molecule has 1 heterocycles. The molecule has 112 valence electrons. The van der Waals surface area contributed by atoms with Gasteiger partial charge in [0.05, 0.1) is 0 Å². The van der Waals surface area contributed by atoms with Crippen molar-refractivity contribution in [2.45, 2.75) is 0 Å². The minimum absolute atomic E-state index is 0.413. The Kier molecular flexibility index (Phi) is 4.36. The topological polar surface area (TPSA) is 70.5 Å². The zero-order chi connectivity index (χ0) is 15.2. The van der Waals surface area contributed by atoms with E-state index in [0.29, 0.717) is 24.8 Å². The predicted molar refractivity (Wildman–Crippen MR) is 83.0 cm³/mol. The van der Waals surface area contributed by atoms with Gasteiger partial charge in [0.2, 0.25) is 0 Å². The molecule has 22 heavy (non-hydrogen) atoms. The van der Waals surface area contributed by atoms with E-state index in [1.807, 2.05) is 54.6 Å². The third-order valence-electron chi connectivity index (χ3n) is 2.97. The van der Waals surface area contributed by atoms with E-state index in [-0.39, 0.29) is 0 Å². The zero-order valence-electron chi connectivity index (χ0n) is 11.9. The SMILES string of the molecule is NCCOc1cc(-c2ccc(Oc3ccccc3)cc2)on1. The molecular formula is C17H16N2O3. The number of ether oxygens (including phenoxy) is 2. The summed E-state index contributed by atoms with van der Waals surface area (Å²) in [5.74, 6) is 2.63. The van der Waals surface area contributed by atoms with Gasteiger partial charge in [0.15, 0.2) is 5.76 Å². The molecule has 0 fully saturated rings. The summed E-state index contributed by atoms with van der Waals surface area (Å²) in [6.07, 6.45) is 0. The second kappa shape index (κ2) is 6.78. The van der Waals surface area contributed by atoms with Crippen LogP contribution in [0.15, 0.2) is 65.2 Å². The monoisotopic (exact) mass is 296 g/mol. The molecule has 0 aliphatic heterocycles. The van der Waals surface area contributed by atoms with Crippen molar-refractivity contribution in [1.29, 1.82) is 0 Å². The van der Waals surface area contributed by atoms with Crippen LogP contribution < -0.4 is 15.2 Å². The molecule has 0 spiro atoms. The van der Waals surface area contributed by atoms with Crippen molar-refractivity contribution in [3.63, 3.8) is 0 Å². The number of hydrogen-bond donors (Lipinski definition) is 1. The van der Waals surface area contributed by atoms with Gasteiger partial charge in [-0.25, -0.2) is 0 Å². The van der Waals surface area contributed by atoms with Gasteiger partial charge in [-0.2, -0.15) is 0 Å². The number of benzene rings is 2. The largest absolute Gasteiger partial charge is 0.474 e.